The van der Waals surface area contributed by atoms with Crippen LogP contribution in [0.25, 0.3) is 0 Å². The van der Waals surface area contributed by atoms with E-state index in [-0.39, 0.29) is 11.3 Å². The molecule has 0 spiro atoms. The average Bonchev–Trinajstić information content (AvgIpc) is 3.38. The van der Waals surface area contributed by atoms with E-state index in [0.717, 1.165) is 29.8 Å². The molecule has 2 aliphatic rings. The summed E-state index contributed by atoms with van der Waals surface area (Å²) in [6.45, 7) is 19.7. The molecule has 0 radical (unpaired) electrons. The van der Waals surface area contributed by atoms with Gasteiger partial charge in [-0.05, 0) is 34.9 Å². The molecule has 1 unspecified atom stereocenters. The van der Waals surface area contributed by atoms with Crippen molar-refractivity contribution in [2.45, 2.75) is 81.3 Å². The first kappa shape index (κ1) is 33.7. The van der Waals surface area contributed by atoms with Crippen LogP contribution in [0.5, 0.6) is 0 Å². The van der Waals surface area contributed by atoms with Gasteiger partial charge in [-0.25, -0.2) is 0 Å². The zero-order chi connectivity index (χ0) is 26.9. The molecule has 3 rings (SSSR count). The van der Waals surface area contributed by atoms with E-state index in [1.807, 2.05) is 50.8 Å². The van der Waals surface area contributed by atoms with Crippen molar-refractivity contribution >= 4 is 18.2 Å². The Morgan fingerprint density at radius 2 is 1.76 bits per heavy atom. The number of carbonyl (C=O) groups is 3. The first-order valence-corrected chi connectivity index (χ1v) is 12.3. The minimum absolute atomic E-state index is 0.0693. The van der Waals surface area contributed by atoms with Crippen LogP contribution in [0.3, 0.4) is 0 Å². The predicted molar refractivity (Wildman–Crippen MR) is 141 cm³/mol. The van der Waals surface area contributed by atoms with Crippen LogP contribution in [0.2, 0.25) is 0 Å². The number of benzene rings is 1. The van der Waals surface area contributed by atoms with Crippen LogP contribution in [-0.2, 0) is 22.7 Å². The molecule has 196 valence electrons. The highest BCUT2D eigenvalue weighted by Crippen LogP contribution is 2.23. The quantitative estimate of drug-likeness (QED) is 0.345. The Morgan fingerprint density at radius 1 is 1.18 bits per heavy atom. The number of likely N-dealkylation sites (tertiary alicyclic amines) is 1. The molecule has 1 fully saturated rings. The molecule has 8 heteroatoms. The molecule has 0 saturated carbocycles. The number of nitrogens with zero attached hydrogens (tertiary/aromatic N) is 2. The third kappa shape index (κ3) is 12.1. The Bertz CT molecular complexity index is 732. The van der Waals surface area contributed by atoms with Crippen molar-refractivity contribution in [3.05, 3.63) is 34.9 Å². The van der Waals surface area contributed by atoms with Gasteiger partial charge in [-0.1, -0.05) is 67.5 Å². The number of nitrogens with one attached hydrogen (secondary N) is 1. The van der Waals surface area contributed by atoms with Crippen molar-refractivity contribution < 1.29 is 14.4 Å². The molecule has 1 aromatic carbocycles. The number of carbonyl (C=O) groups excluding carboxylic acids is 3. The SMILES string of the molecule is CC.CC.CC1CCN(C(=O)CC(C)(C)C)C1.CN1Cc2cc(CNC=O)ccc2C1=O.NN. The third-order valence-electron chi connectivity index (χ3n) is 5.00. The summed E-state index contributed by atoms with van der Waals surface area (Å²) in [4.78, 5) is 37.1. The smallest absolute Gasteiger partial charge is 0.254 e. The van der Waals surface area contributed by atoms with E-state index in [4.69, 9.17) is 0 Å². The van der Waals surface area contributed by atoms with Crippen LogP contribution >= 0.6 is 0 Å². The Hall–Kier alpha value is -2.45. The molecule has 0 aliphatic carbocycles. The second kappa shape index (κ2) is 18.0. The molecule has 5 N–H and O–H groups in total. The lowest BCUT2D eigenvalue weighted by molar-refractivity contribution is -0.132. The summed E-state index contributed by atoms with van der Waals surface area (Å²) in [6.07, 6.45) is 2.53. The third-order valence-corrected chi connectivity index (χ3v) is 5.00. The summed E-state index contributed by atoms with van der Waals surface area (Å²) >= 11 is 0. The van der Waals surface area contributed by atoms with E-state index >= 15 is 0 Å². The summed E-state index contributed by atoms with van der Waals surface area (Å²) in [5.74, 6) is 9.10. The Labute approximate surface area is 207 Å². The Morgan fingerprint density at radius 3 is 2.24 bits per heavy atom. The molecular weight excluding hydrogens is 430 g/mol. The molecule has 2 aliphatic heterocycles. The van der Waals surface area contributed by atoms with E-state index in [1.54, 1.807) is 11.9 Å². The van der Waals surface area contributed by atoms with Crippen molar-refractivity contribution in [3.63, 3.8) is 0 Å². The summed E-state index contributed by atoms with van der Waals surface area (Å²) in [5, 5.41) is 2.60. The minimum Gasteiger partial charge on any atom is -0.355 e. The highest BCUT2D eigenvalue weighted by molar-refractivity contribution is 5.98. The predicted octanol–water partition coefficient (Wildman–Crippen LogP) is 3.68. The largest absolute Gasteiger partial charge is 0.355 e. The topological polar surface area (TPSA) is 122 Å². The van der Waals surface area contributed by atoms with E-state index in [2.05, 4.69) is 44.7 Å². The lowest BCUT2D eigenvalue weighted by Crippen LogP contribution is -2.31. The van der Waals surface area contributed by atoms with Crippen LogP contribution < -0.4 is 17.0 Å². The molecule has 8 nitrogen and oxygen atoms in total. The van der Waals surface area contributed by atoms with E-state index in [0.29, 0.717) is 37.7 Å². The summed E-state index contributed by atoms with van der Waals surface area (Å²) in [5.41, 5.74) is 2.95. The van der Waals surface area contributed by atoms with Crippen LogP contribution in [0, 0.1) is 11.3 Å². The highest BCUT2D eigenvalue weighted by atomic mass is 16.2. The van der Waals surface area contributed by atoms with Gasteiger partial charge in [0.05, 0.1) is 0 Å². The normalized spacial score (nSPS) is 15.7. The fourth-order valence-corrected chi connectivity index (χ4v) is 3.52. The fourth-order valence-electron chi connectivity index (χ4n) is 3.52. The van der Waals surface area contributed by atoms with Gasteiger partial charge in [-0.2, -0.15) is 0 Å². The van der Waals surface area contributed by atoms with Gasteiger partial charge in [-0.3, -0.25) is 26.1 Å². The molecule has 1 atom stereocenters. The number of hydrazine groups is 1. The summed E-state index contributed by atoms with van der Waals surface area (Å²) < 4.78 is 0. The lowest BCUT2D eigenvalue weighted by atomic mass is 9.92. The number of hydrogen-bond acceptors (Lipinski definition) is 5. The van der Waals surface area contributed by atoms with Crippen molar-refractivity contribution in [2.75, 3.05) is 20.1 Å². The number of fused-ring (bicyclic) bond motifs is 1. The number of amides is 3. The first-order chi connectivity index (χ1) is 16.1. The monoisotopic (exact) mass is 479 g/mol. The zero-order valence-corrected chi connectivity index (χ0v) is 22.9. The fraction of sp³-hybridized carbons (Fsp3) is 0.654. The van der Waals surface area contributed by atoms with Gasteiger partial charge in [0, 0.05) is 45.2 Å². The van der Waals surface area contributed by atoms with Crippen molar-refractivity contribution in [1.29, 1.82) is 0 Å². The molecule has 3 amide bonds. The van der Waals surface area contributed by atoms with Crippen molar-refractivity contribution in [1.82, 2.24) is 15.1 Å². The maximum absolute atomic E-state index is 11.7. The van der Waals surface area contributed by atoms with Gasteiger partial charge in [0.15, 0.2) is 0 Å². The standard InChI is InChI=1S/C11H12N2O2.C11H21NO.2C2H6.H4N2/c1-13-6-9-4-8(5-12-7-14)2-3-10(9)11(13)15;1-9-5-6-12(8-9)10(13)7-11(2,3)4;3*1-2/h2-4,7H,5-6H2,1H3,(H,12,14);9H,5-8H2,1-4H3;2*1-2H3;1-2H2. The molecule has 1 aromatic rings. The highest BCUT2D eigenvalue weighted by Gasteiger charge is 2.26. The van der Waals surface area contributed by atoms with E-state index in [1.165, 1.54) is 6.42 Å². The number of nitrogens with two attached hydrogens (primary N) is 2. The molecule has 2 heterocycles. The Balaban J connectivity index is 0. The van der Waals surface area contributed by atoms with Crippen LogP contribution in [-0.4, -0.2) is 48.2 Å². The first-order valence-electron chi connectivity index (χ1n) is 12.3. The van der Waals surface area contributed by atoms with Crippen LogP contribution in [0.4, 0.5) is 0 Å². The molecular formula is C26H49N5O3. The lowest BCUT2D eigenvalue weighted by Gasteiger charge is -2.22. The Kier molecular flexibility index (Phi) is 17.8. The second-order valence-corrected chi connectivity index (χ2v) is 9.12. The molecule has 0 bridgehead atoms. The molecule has 34 heavy (non-hydrogen) atoms. The summed E-state index contributed by atoms with van der Waals surface area (Å²) in [6, 6.07) is 5.66. The van der Waals surface area contributed by atoms with Crippen molar-refractivity contribution in [2.24, 2.45) is 23.0 Å². The number of hydrogen-bond donors (Lipinski definition) is 3. The van der Waals surface area contributed by atoms with Gasteiger partial charge in [-0.15, -0.1) is 0 Å². The van der Waals surface area contributed by atoms with Crippen molar-refractivity contribution in [3.8, 4) is 0 Å². The zero-order valence-electron chi connectivity index (χ0n) is 22.9. The van der Waals surface area contributed by atoms with Gasteiger partial charge >= 0.3 is 0 Å². The minimum atomic E-state index is 0.0693. The van der Waals surface area contributed by atoms with Crippen LogP contribution in [0.1, 0.15) is 89.7 Å². The van der Waals surface area contributed by atoms with E-state index < -0.39 is 0 Å². The molecule has 1 saturated heterocycles. The number of rotatable bonds is 4. The summed E-state index contributed by atoms with van der Waals surface area (Å²) in [7, 11) is 1.78. The molecule has 0 aromatic heterocycles. The van der Waals surface area contributed by atoms with Crippen LogP contribution in [0.15, 0.2) is 18.2 Å². The second-order valence-electron chi connectivity index (χ2n) is 9.12. The van der Waals surface area contributed by atoms with Gasteiger partial charge < -0.3 is 15.1 Å². The van der Waals surface area contributed by atoms with Gasteiger partial charge in [0.1, 0.15) is 0 Å². The van der Waals surface area contributed by atoms with E-state index in [9.17, 15) is 14.4 Å². The maximum atomic E-state index is 11.7. The average molecular weight is 480 g/mol. The van der Waals surface area contributed by atoms with Gasteiger partial charge in [0.25, 0.3) is 5.91 Å². The van der Waals surface area contributed by atoms with Gasteiger partial charge in [0.2, 0.25) is 12.3 Å². The maximum Gasteiger partial charge on any atom is 0.254 e.